The van der Waals surface area contributed by atoms with E-state index in [0.717, 1.165) is 0 Å². The van der Waals surface area contributed by atoms with E-state index < -0.39 is 0 Å². The van der Waals surface area contributed by atoms with Gasteiger partial charge in [-0.05, 0) is 11.6 Å². The highest BCUT2D eigenvalue weighted by molar-refractivity contribution is 5.98. The van der Waals surface area contributed by atoms with Crippen molar-refractivity contribution >= 4 is 11.6 Å². The molecule has 1 N–H and O–H groups in total. The van der Waals surface area contributed by atoms with E-state index in [9.17, 15) is 4.79 Å². The zero-order chi connectivity index (χ0) is 9.68. The van der Waals surface area contributed by atoms with Crippen molar-refractivity contribution in [2.24, 2.45) is 5.11 Å². The second-order valence-electron chi connectivity index (χ2n) is 2.29. The van der Waals surface area contributed by atoms with Crippen LogP contribution in [-0.2, 0) is 0 Å². The number of nitrogens with zero attached hydrogens (tertiary/aromatic N) is 3. The van der Waals surface area contributed by atoms with Gasteiger partial charge in [0.25, 0.3) is 5.91 Å². The van der Waals surface area contributed by atoms with E-state index in [2.05, 4.69) is 15.3 Å². The van der Waals surface area contributed by atoms with Gasteiger partial charge in [-0.3, -0.25) is 4.79 Å². The van der Waals surface area contributed by atoms with Crippen molar-refractivity contribution in [3.63, 3.8) is 0 Å². The number of nitrogens with one attached hydrogen (secondary N) is 1. The highest BCUT2D eigenvalue weighted by atomic mass is 16.1. The maximum atomic E-state index is 11.2. The van der Waals surface area contributed by atoms with E-state index >= 15 is 0 Å². The summed E-state index contributed by atoms with van der Waals surface area (Å²) in [4.78, 5) is 13.8. The molecule has 1 amide bonds. The SMILES string of the molecule is CNC(=O)c1ccccc1N=[N+]=[N-]. The molecule has 0 saturated carbocycles. The standard InChI is InChI=1S/C8H8N4O/c1-10-8(13)6-4-2-3-5-7(6)11-12-9/h2-5H,1H3,(H,10,13). The molecule has 0 aliphatic heterocycles. The van der Waals surface area contributed by atoms with Crippen molar-refractivity contribution in [1.29, 1.82) is 0 Å². The van der Waals surface area contributed by atoms with Crippen LogP contribution in [0, 0.1) is 0 Å². The molecule has 1 aromatic carbocycles. The quantitative estimate of drug-likeness (QED) is 0.417. The van der Waals surface area contributed by atoms with Gasteiger partial charge in [-0.15, -0.1) is 0 Å². The number of azide groups is 1. The summed E-state index contributed by atoms with van der Waals surface area (Å²) in [7, 11) is 1.52. The molecular formula is C8H8N4O. The zero-order valence-electron chi connectivity index (χ0n) is 7.06. The van der Waals surface area contributed by atoms with Crippen LogP contribution in [0.4, 0.5) is 5.69 Å². The number of hydrogen-bond donors (Lipinski definition) is 1. The van der Waals surface area contributed by atoms with Gasteiger partial charge in [-0.2, -0.15) is 0 Å². The van der Waals surface area contributed by atoms with Crippen molar-refractivity contribution in [3.05, 3.63) is 40.3 Å². The molecule has 1 aromatic rings. The normalized spacial score (nSPS) is 8.69. The molecular weight excluding hydrogens is 168 g/mol. The molecule has 0 saturated heterocycles. The fourth-order valence-corrected chi connectivity index (χ4v) is 0.936. The summed E-state index contributed by atoms with van der Waals surface area (Å²) in [5, 5.41) is 5.85. The van der Waals surface area contributed by atoms with E-state index in [1.807, 2.05) is 0 Å². The maximum absolute atomic E-state index is 11.2. The lowest BCUT2D eigenvalue weighted by atomic mass is 10.2. The van der Waals surface area contributed by atoms with Gasteiger partial charge in [0, 0.05) is 17.5 Å². The lowest BCUT2D eigenvalue weighted by Gasteiger charge is -2.01. The lowest BCUT2D eigenvalue weighted by molar-refractivity contribution is 0.0964. The van der Waals surface area contributed by atoms with Crippen molar-refractivity contribution < 1.29 is 4.79 Å². The van der Waals surface area contributed by atoms with Gasteiger partial charge in [0.15, 0.2) is 0 Å². The minimum atomic E-state index is -0.261. The summed E-state index contributed by atoms with van der Waals surface area (Å²) < 4.78 is 0. The number of benzene rings is 1. The highest BCUT2D eigenvalue weighted by Gasteiger charge is 2.06. The summed E-state index contributed by atoms with van der Waals surface area (Å²) in [5.41, 5.74) is 8.94. The average molecular weight is 176 g/mol. The molecule has 0 fully saturated rings. The summed E-state index contributed by atoms with van der Waals surface area (Å²) in [6.07, 6.45) is 0. The average Bonchev–Trinajstić information content (AvgIpc) is 2.18. The van der Waals surface area contributed by atoms with Crippen LogP contribution in [0.5, 0.6) is 0 Å². The third-order valence-corrected chi connectivity index (χ3v) is 1.53. The Morgan fingerprint density at radius 2 is 2.23 bits per heavy atom. The van der Waals surface area contributed by atoms with Gasteiger partial charge in [-0.25, -0.2) is 0 Å². The molecule has 13 heavy (non-hydrogen) atoms. The lowest BCUT2D eigenvalue weighted by Crippen LogP contribution is -2.17. The number of carbonyl (C=O) groups is 1. The Bertz CT molecular complexity index is 368. The van der Waals surface area contributed by atoms with Crippen molar-refractivity contribution in [2.45, 2.75) is 0 Å². The van der Waals surface area contributed by atoms with E-state index in [-0.39, 0.29) is 5.91 Å². The first-order chi connectivity index (χ1) is 6.29. The van der Waals surface area contributed by atoms with Crippen molar-refractivity contribution in [3.8, 4) is 0 Å². The van der Waals surface area contributed by atoms with Gasteiger partial charge >= 0.3 is 0 Å². The Hall–Kier alpha value is -2.00. The molecule has 0 bridgehead atoms. The largest absolute Gasteiger partial charge is 0.355 e. The molecule has 66 valence electrons. The molecule has 1 rings (SSSR count). The molecule has 0 heterocycles. The minimum Gasteiger partial charge on any atom is -0.355 e. The fraction of sp³-hybridized carbons (Fsp3) is 0.125. The van der Waals surface area contributed by atoms with Gasteiger partial charge in [-0.1, -0.05) is 23.3 Å². The molecule has 0 aliphatic carbocycles. The fourth-order valence-electron chi connectivity index (χ4n) is 0.936. The van der Waals surface area contributed by atoms with Crippen LogP contribution in [0.15, 0.2) is 29.4 Å². The third kappa shape index (κ3) is 1.98. The molecule has 0 radical (unpaired) electrons. The van der Waals surface area contributed by atoms with E-state index in [4.69, 9.17) is 5.53 Å². The summed E-state index contributed by atoms with van der Waals surface area (Å²) in [5.74, 6) is -0.261. The molecule has 0 spiro atoms. The highest BCUT2D eigenvalue weighted by Crippen LogP contribution is 2.18. The Balaban J connectivity index is 3.18. The number of hydrogen-bond acceptors (Lipinski definition) is 2. The van der Waals surface area contributed by atoms with Crippen LogP contribution in [0.25, 0.3) is 10.4 Å². The molecule has 0 aliphatic rings. The predicted octanol–water partition coefficient (Wildman–Crippen LogP) is 1.99. The zero-order valence-corrected chi connectivity index (χ0v) is 7.06. The van der Waals surface area contributed by atoms with Crippen LogP contribution in [0.3, 0.4) is 0 Å². The Labute approximate surface area is 75.0 Å². The van der Waals surface area contributed by atoms with E-state index in [1.54, 1.807) is 24.3 Å². The Morgan fingerprint density at radius 1 is 1.54 bits per heavy atom. The first kappa shape index (κ1) is 9.09. The monoisotopic (exact) mass is 176 g/mol. The molecule has 0 atom stereocenters. The first-order valence-corrected chi connectivity index (χ1v) is 3.66. The van der Waals surface area contributed by atoms with Gasteiger partial charge in [0.2, 0.25) is 0 Å². The topological polar surface area (TPSA) is 77.9 Å². The number of amides is 1. The Morgan fingerprint density at radius 3 is 2.85 bits per heavy atom. The molecule has 5 nitrogen and oxygen atoms in total. The van der Waals surface area contributed by atoms with Crippen LogP contribution >= 0.6 is 0 Å². The second-order valence-corrected chi connectivity index (χ2v) is 2.29. The first-order valence-electron chi connectivity index (χ1n) is 3.66. The number of carbonyl (C=O) groups excluding carboxylic acids is 1. The summed E-state index contributed by atoms with van der Waals surface area (Å²) in [6.45, 7) is 0. The molecule has 0 aromatic heterocycles. The Kier molecular flexibility index (Phi) is 2.89. The van der Waals surface area contributed by atoms with Crippen LogP contribution in [-0.4, -0.2) is 13.0 Å². The predicted molar refractivity (Wildman–Crippen MR) is 48.6 cm³/mol. The van der Waals surface area contributed by atoms with Gasteiger partial charge in [0.05, 0.1) is 5.69 Å². The molecule has 0 unspecified atom stereocenters. The van der Waals surface area contributed by atoms with Crippen molar-refractivity contribution in [1.82, 2.24) is 5.32 Å². The van der Waals surface area contributed by atoms with Crippen molar-refractivity contribution in [2.75, 3.05) is 7.05 Å². The van der Waals surface area contributed by atoms with E-state index in [0.29, 0.717) is 11.3 Å². The molecule has 5 heteroatoms. The van der Waals surface area contributed by atoms with Crippen LogP contribution < -0.4 is 5.32 Å². The smallest absolute Gasteiger partial charge is 0.251 e. The van der Waals surface area contributed by atoms with Crippen LogP contribution in [0.2, 0.25) is 0 Å². The van der Waals surface area contributed by atoms with Crippen LogP contribution in [0.1, 0.15) is 10.4 Å². The summed E-state index contributed by atoms with van der Waals surface area (Å²) >= 11 is 0. The van der Waals surface area contributed by atoms with E-state index in [1.165, 1.54) is 7.05 Å². The van der Waals surface area contributed by atoms with Gasteiger partial charge < -0.3 is 5.32 Å². The minimum absolute atomic E-state index is 0.261. The maximum Gasteiger partial charge on any atom is 0.251 e. The third-order valence-electron chi connectivity index (χ3n) is 1.53. The summed E-state index contributed by atoms with van der Waals surface area (Å²) in [6, 6.07) is 6.60. The second kappa shape index (κ2) is 4.13. The van der Waals surface area contributed by atoms with Gasteiger partial charge in [0.1, 0.15) is 0 Å². The number of rotatable bonds is 2.